The molecule has 0 amide bonds. The molecule has 0 radical (unpaired) electrons. The molecule has 0 saturated heterocycles. The van der Waals surface area contributed by atoms with Crippen molar-refractivity contribution in [3.05, 3.63) is 66.1 Å². The molecule has 6 aromatic heterocycles. The first-order chi connectivity index (χ1) is 16.2. The highest BCUT2D eigenvalue weighted by atomic mass is 32.1. The zero-order chi connectivity index (χ0) is 22.4. The zero-order valence-corrected chi connectivity index (χ0v) is 18.9. The number of hydrogen-bond donors (Lipinski definition) is 2. The summed E-state index contributed by atoms with van der Waals surface area (Å²) < 4.78 is 0. The molecule has 0 saturated carbocycles. The maximum absolute atomic E-state index is 4.87. The molecule has 33 heavy (non-hydrogen) atoms. The van der Waals surface area contributed by atoms with E-state index in [2.05, 4.69) is 58.6 Å². The number of imidazole rings is 1. The van der Waals surface area contributed by atoms with E-state index in [-0.39, 0.29) is 0 Å². The van der Waals surface area contributed by atoms with Crippen LogP contribution in [0.5, 0.6) is 0 Å². The van der Waals surface area contributed by atoms with E-state index in [0.29, 0.717) is 17.2 Å². The molecular weight excluding hydrogens is 432 g/mol. The zero-order valence-electron chi connectivity index (χ0n) is 18.1. The molecule has 6 aromatic rings. The second-order valence-corrected chi connectivity index (χ2v) is 9.08. The van der Waals surface area contributed by atoms with Gasteiger partial charge in [0, 0.05) is 52.9 Å². The van der Waals surface area contributed by atoms with Crippen molar-refractivity contribution in [2.24, 2.45) is 0 Å². The standard InChI is InChI=1S/C24H20N8S/c1-32(2)13-14-8-15(11-25-10-14)16-9-18-21(30-31-22(18)27-12-16)24-28-20-17(19-4-3-7-33-19)5-6-26-23(20)29-24/h3-12H,13H2,1-2H3,(H,26,28,29)(H,27,30,31). The molecule has 0 bridgehead atoms. The third kappa shape index (κ3) is 3.57. The molecule has 0 spiro atoms. The van der Waals surface area contributed by atoms with Crippen molar-refractivity contribution >= 4 is 33.5 Å². The quantitative estimate of drug-likeness (QED) is 0.392. The smallest absolute Gasteiger partial charge is 0.161 e. The van der Waals surface area contributed by atoms with Crippen molar-refractivity contribution < 1.29 is 0 Å². The molecule has 0 aliphatic heterocycles. The number of fused-ring (bicyclic) bond motifs is 2. The summed E-state index contributed by atoms with van der Waals surface area (Å²) in [5.41, 5.74) is 7.18. The summed E-state index contributed by atoms with van der Waals surface area (Å²) >= 11 is 1.68. The van der Waals surface area contributed by atoms with Crippen LogP contribution in [0.3, 0.4) is 0 Å². The van der Waals surface area contributed by atoms with Gasteiger partial charge < -0.3 is 9.88 Å². The molecule has 0 unspecified atom stereocenters. The van der Waals surface area contributed by atoms with Crippen molar-refractivity contribution in [2.45, 2.75) is 6.54 Å². The van der Waals surface area contributed by atoms with Crippen LogP contribution in [0.15, 0.2) is 60.5 Å². The Hall–Kier alpha value is -3.95. The van der Waals surface area contributed by atoms with Crippen LogP contribution in [0.25, 0.3) is 55.3 Å². The van der Waals surface area contributed by atoms with Gasteiger partial charge >= 0.3 is 0 Å². The molecule has 0 atom stereocenters. The van der Waals surface area contributed by atoms with Crippen LogP contribution in [0, 0.1) is 0 Å². The topological polar surface area (TPSA) is 99.3 Å². The first-order valence-corrected chi connectivity index (χ1v) is 11.4. The number of aromatic amines is 2. The minimum Gasteiger partial charge on any atom is -0.321 e. The van der Waals surface area contributed by atoms with E-state index < -0.39 is 0 Å². The number of hydrogen-bond acceptors (Lipinski definition) is 7. The predicted molar refractivity (Wildman–Crippen MR) is 131 cm³/mol. The molecular formula is C24H20N8S. The monoisotopic (exact) mass is 452 g/mol. The molecule has 9 heteroatoms. The summed E-state index contributed by atoms with van der Waals surface area (Å²) in [6, 6.07) is 10.4. The molecule has 0 aliphatic carbocycles. The fourth-order valence-electron chi connectivity index (χ4n) is 3.99. The Balaban J connectivity index is 1.45. The van der Waals surface area contributed by atoms with Gasteiger partial charge in [-0.1, -0.05) is 6.07 Å². The van der Waals surface area contributed by atoms with E-state index in [1.165, 1.54) is 0 Å². The lowest BCUT2D eigenvalue weighted by atomic mass is 10.1. The van der Waals surface area contributed by atoms with Gasteiger partial charge in [0.2, 0.25) is 0 Å². The minimum atomic E-state index is 0.659. The predicted octanol–water partition coefficient (Wildman–Crippen LogP) is 4.75. The molecule has 0 aromatic carbocycles. The van der Waals surface area contributed by atoms with Crippen molar-refractivity contribution in [1.82, 2.24) is 40.0 Å². The van der Waals surface area contributed by atoms with Crippen LogP contribution >= 0.6 is 11.3 Å². The van der Waals surface area contributed by atoms with E-state index in [0.717, 1.165) is 50.2 Å². The Morgan fingerprint density at radius 2 is 1.91 bits per heavy atom. The second-order valence-electron chi connectivity index (χ2n) is 8.13. The summed E-state index contributed by atoms with van der Waals surface area (Å²) in [7, 11) is 4.09. The van der Waals surface area contributed by atoms with E-state index in [4.69, 9.17) is 4.98 Å². The summed E-state index contributed by atoms with van der Waals surface area (Å²) in [6.45, 7) is 0.825. The van der Waals surface area contributed by atoms with E-state index >= 15 is 0 Å². The van der Waals surface area contributed by atoms with Gasteiger partial charge in [0.25, 0.3) is 0 Å². The summed E-state index contributed by atoms with van der Waals surface area (Å²) in [6.07, 6.45) is 7.40. The normalized spacial score (nSPS) is 11.7. The van der Waals surface area contributed by atoms with Gasteiger partial charge in [0.05, 0.1) is 5.39 Å². The van der Waals surface area contributed by atoms with Gasteiger partial charge in [0.15, 0.2) is 17.1 Å². The Morgan fingerprint density at radius 1 is 1.00 bits per heavy atom. The van der Waals surface area contributed by atoms with Crippen LogP contribution in [-0.4, -0.2) is 54.1 Å². The number of pyridine rings is 3. The molecule has 6 rings (SSSR count). The third-order valence-corrected chi connectivity index (χ3v) is 6.34. The number of H-pyrrole nitrogens is 2. The highest BCUT2D eigenvalue weighted by molar-refractivity contribution is 7.13. The molecule has 6 heterocycles. The van der Waals surface area contributed by atoms with E-state index in [1.54, 1.807) is 17.5 Å². The highest BCUT2D eigenvalue weighted by Crippen LogP contribution is 2.33. The first-order valence-electron chi connectivity index (χ1n) is 10.5. The maximum atomic E-state index is 4.87. The van der Waals surface area contributed by atoms with Crippen molar-refractivity contribution in [3.8, 4) is 33.1 Å². The van der Waals surface area contributed by atoms with Crippen LogP contribution in [-0.2, 0) is 6.54 Å². The third-order valence-electron chi connectivity index (χ3n) is 5.44. The lowest BCUT2D eigenvalue weighted by Gasteiger charge is -2.10. The SMILES string of the molecule is CN(C)Cc1cncc(-c2cnc3[nH]nc(-c4nc5c(-c6cccs6)ccnc5[nH]4)c3c2)c1. The molecule has 0 fully saturated rings. The summed E-state index contributed by atoms with van der Waals surface area (Å²) in [5.74, 6) is 0.659. The van der Waals surface area contributed by atoms with E-state index in [1.807, 2.05) is 44.8 Å². The van der Waals surface area contributed by atoms with Gasteiger partial charge in [-0.25, -0.2) is 15.0 Å². The summed E-state index contributed by atoms with van der Waals surface area (Å²) in [5, 5.41) is 10.5. The lowest BCUT2D eigenvalue weighted by Crippen LogP contribution is -2.10. The largest absolute Gasteiger partial charge is 0.321 e. The van der Waals surface area contributed by atoms with Crippen LogP contribution in [0.2, 0.25) is 0 Å². The number of nitrogens with zero attached hydrogens (tertiary/aromatic N) is 6. The number of rotatable bonds is 5. The Kier molecular flexibility index (Phi) is 4.70. The average molecular weight is 453 g/mol. The van der Waals surface area contributed by atoms with Crippen molar-refractivity contribution in [1.29, 1.82) is 0 Å². The van der Waals surface area contributed by atoms with Gasteiger partial charge in [-0.2, -0.15) is 5.10 Å². The van der Waals surface area contributed by atoms with Gasteiger partial charge in [-0.3, -0.25) is 10.1 Å². The van der Waals surface area contributed by atoms with Crippen LogP contribution in [0.1, 0.15) is 5.56 Å². The fraction of sp³-hybridized carbons (Fsp3) is 0.125. The number of thiophene rings is 1. The first kappa shape index (κ1) is 19.7. The number of aromatic nitrogens is 7. The minimum absolute atomic E-state index is 0.659. The molecule has 2 N–H and O–H groups in total. The molecule has 0 aliphatic rings. The molecule has 8 nitrogen and oxygen atoms in total. The van der Waals surface area contributed by atoms with Gasteiger partial charge in [-0.05, 0) is 49.3 Å². The lowest BCUT2D eigenvalue weighted by molar-refractivity contribution is 0.402. The molecule has 162 valence electrons. The van der Waals surface area contributed by atoms with Crippen LogP contribution in [0.4, 0.5) is 0 Å². The van der Waals surface area contributed by atoms with E-state index in [9.17, 15) is 0 Å². The Bertz CT molecular complexity index is 1580. The Morgan fingerprint density at radius 3 is 2.76 bits per heavy atom. The van der Waals surface area contributed by atoms with Crippen molar-refractivity contribution in [3.63, 3.8) is 0 Å². The Labute approximate surface area is 193 Å². The summed E-state index contributed by atoms with van der Waals surface area (Å²) in [4.78, 5) is 25.0. The van der Waals surface area contributed by atoms with Crippen LogP contribution < -0.4 is 0 Å². The number of nitrogens with one attached hydrogen (secondary N) is 2. The van der Waals surface area contributed by atoms with Gasteiger partial charge in [0.1, 0.15) is 11.2 Å². The maximum Gasteiger partial charge on any atom is 0.161 e. The fourth-order valence-corrected chi connectivity index (χ4v) is 4.74. The second kappa shape index (κ2) is 7.88. The van der Waals surface area contributed by atoms with Crippen molar-refractivity contribution in [2.75, 3.05) is 14.1 Å². The van der Waals surface area contributed by atoms with Gasteiger partial charge in [-0.15, -0.1) is 11.3 Å². The average Bonchev–Trinajstić information content (AvgIpc) is 3.57. The highest BCUT2D eigenvalue weighted by Gasteiger charge is 2.17.